The number of benzene rings is 4. The van der Waals surface area contributed by atoms with Crippen molar-refractivity contribution in [1.82, 2.24) is 19.9 Å². The number of nitrogens with one attached hydrogen (secondary N) is 2. The van der Waals surface area contributed by atoms with E-state index in [9.17, 15) is 19.2 Å². The van der Waals surface area contributed by atoms with Crippen molar-refractivity contribution in [3.8, 4) is 56.0 Å². The Morgan fingerprint density at radius 1 is 0.370 bits per heavy atom. The summed E-state index contributed by atoms with van der Waals surface area (Å²) >= 11 is 0. The van der Waals surface area contributed by atoms with Gasteiger partial charge in [0.15, 0.2) is 0 Å². The van der Waals surface area contributed by atoms with E-state index < -0.39 is 36.7 Å². The van der Waals surface area contributed by atoms with Gasteiger partial charge in [-0.05, 0) is 139 Å². The minimum absolute atomic E-state index is 0.0124. The van der Waals surface area contributed by atoms with Gasteiger partial charge < -0.3 is 48.6 Å². The van der Waals surface area contributed by atoms with Gasteiger partial charge in [-0.25, -0.2) is 9.97 Å². The Kier molecular flexibility index (Phi) is 20.9. The monoisotopic (exact) mass is 1250 g/mol. The van der Waals surface area contributed by atoms with Crippen LogP contribution in [-0.2, 0) is 59.8 Å². The lowest BCUT2D eigenvalue weighted by atomic mass is 9.78. The van der Waals surface area contributed by atoms with Crippen molar-refractivity contribution in [2.75, 3.05) is 52.9 Å². The Balaban J connectivity index is 1.27. The molecule has 0 atom stereocenters. The van der Waals surface area contributed by atoms with Gasteiger partial charge >= 0.3 is 23.9 Å². The maximum absolute atomic E-state index is 12.5. The van der Waals surface area contributed by atoms with Crippen LogP contribution in [0.2, 0.25) is 0 Å². The number of aliphatic hydroxyl groups is 2. The van der Waals surface area contributed by atoms with Gasteiger partial charge in [0.25, 0.3) is 0 Å². The van der Waals surface area contributed by atoms with Gasteiger partial charge in [0, 0.05) is 70.4 Å². The highest BCUT2D eigenvalue weighted by Crippen LogP contribution is 2.43. The molecule has 8 bridgehead atoms. The maximum atomic E-state index is 12.5. The number of hydrogen-bond donors (Lipinski definition) is 4. The van der Waals surface area contributed by atoms with E-state index in [4.69, 9.17) is 48.6 Å². The second kappa shape index (κ2) is 28.6. The highest BCUT2D eigenvalue weighted by Gasteiger charge is 2.27. The van der Waals surface area contributed by atoms with E-state index in [1.165, 1.54) is 22.3 Å². The molecule has 482 valence electrons. The number of aromatic amines is 2. The molecule has 2 aliphatic rings. The zero-order chi connectivity index (χ0) is 66.1. The van der Waals surface area contributed by atoms with Crippen molar-refractivity contribution in [1.29, 1.82) is 0 Å². The number of hydrogen-bond acceptors (Lipinski definition) is 14. The largest absolute Gasteiger partial charge is 0.490 e. The van der Waals surface area contributed by atoms with Crippen molar-refractivity contribution in [2.24, 2.45) is 0 Å². The summed E-state index contributed by atoms with van der Waals surface area (Å²) in [5, 5.41) is 18.1. The van der Waals surface area contributed by atoms with Crippen molar-refractivity contribution in [2.45, 2.75) is 130 Å². The van der Waals surface area contributed by atoms with Crippen LogP contribution in [0.3, 0.4) is 0 Å². The zero-order valence-electron chi connectivity index (χ0n) is 55.1. The minimum Gasteiger partial charge on any atom is -0.490 e. The number of esters is 4. The summed E-state index contributed by atoms with van der Waals surface area (Å²) in [6.45, 7) is 26.3. The van der Waals surface area contributed by atoms with Gasteiger partial charge in [0.05, 0.1) is 36.0 Å². The molecule has 0 radical (unpaired) electrons. The van der Waals surface area contributed by atoms with E-state index in [0.29, 0.717) is 22.9 Å². The Morgan fingerprint density at radius 2 is 0.663 bits per heavy atom. The first-order valence-electron chi connectivity index (χ1n) is 31.5. The Morgan fingerprint density at radius 3 is 0.957 bits per heavy atom. The molecule has 3 aromatic heterocycles. The van der Waals surface area contributed by atoms with Crippen LogP contribution < -0.4 is 9.47 Å². The van der Waals surface area contributed by atoms with Gasteiger partial charge in [-0.3, -0.25) is 19.2 Å². The molecule has 7 aromatic rings. The highest BCUT2D eigenvalue weighted by molar-refractivity contribution is 6.00. The fourth-order valence-corrected chi connectivity index (χ4v) is 10.7. The van der Waals surface area contributed by atoms with Crippen LogP contribution in [0.4, 0.5) is 0 Å². The predicted octanol–water partition coefficient (Wildman–Crippen LogP) is 15.0. The summed E-state index contributed by atoms with van der Waals surface area (Å²) in [7, 11) is 0. The summed E-state index contributed by atoms with van der Waals surface area (Å²) in [4.78, 5) is 68.5. The molecule has 16 nitrogen and oxygen atoms in total. The third-order valence-corrected chi connectivity index (χ3v) is 15.8. The van der Waals surface area contributed by atoms with Crippen LogP contribution in [0.25, 0.3) is 90.9 Å². The number of ether oxygens (including phenoxy) is 6. The van der Waals surface area contributed by atoms with E-state index >= 15 is 0 Å². The Bertz CT molecular complexity index is 3790. The van der Waals surface area contributed by atoms with E-state index in [1.54, 1.807) is 0 Å². The van der Waals surface area contributed by atoms with E-state index in [2.05, 4.69) is 178 Å². The average molecular weight is 1250 g/mol. The molecule has 0 aliphatic carbocycles. The molecule has 5 heterocycles. The second-order valence-electron chi connectivity index (χ2n) is 27.2. The smallest absolute Gasteiger partial charge is 0.317 e. The fourth-order valence-electron chi connectivity index (χ4n) is 10.7. The first-order chi connectivity index (χ1) is 43.7. The molecular formula is C76H86N4O12. The lowest BCUT2D eigenvalue weighted by Gasteiger charge is -2.26. The molecule has 0 amide bonds. The third kappa shape index (κ3) is 16.9. The fraction of sp³-hybridized carbons (Fsp3) is 0.368. The summed E-state index contributed by atoms with van der Waals surface area (Å²) < 4.78 is 33.2. The van der Waals surface area contributed by atoms with Crippen LogP contribution in [0.1, 0.15) is 154 Å². The average Bonchev–Trinajstić information content (AvgIpc) is 1.82. The molecule has 2 aliphatic heterocycles. The van der Waals surface area contributed by atoms with Crippen molar-refractivity contribution in [3.63, 3.8) is 0 Å². The SMILES string of the molecule is CC(C)(C)c1cc(-c2c3nc(c(-c4cccc(OCCOC(=O)CC(=O)OCCCO)c4)c4ccc([nH]4)c(-c4cc(C(C)(C)C)cc(C(C)(C)C)c4)c4nc(c(-c5cccc(OCCOC(=O)CC(=O)OCCCO)c5)c5ccc2[nH]5)C=C4)C=C3)cc(C(C)(C)C)c1. The number of aromatic nitrogens is 4. The van der Waals surface area contributed by atoms with E-state index in [-0.39, 0.29) is 87.4 Å². The van der Waals surface area contributed by atoms with Crippen molar-refractivity contribution < 1.29 is 57.8 Å². The molecule has 4 aromatic carbocycles. The predicted molar refractivity (Wildman–Crippen MR) is 363 cm³/mol. The summed E-state index contributed by atoms with van der Waals surface area (Å²) in [6, 6.07) is 37.6. The second-order valence-corrected chi connectivity index (χ2v) is 27.2. The topological polar surface area (TPSA) is 221 Å². The van der Waals surface area contributed by atoms with E-state index in [1.807, 2.05) is 48.5 Å². The Labute approximate surface area is 539 Å². The number of carbonyl (C=O) groups excluding carboxylic acids is 4. The van der Waals surface area contributed by atoms with Crippen LogP contribution >= 0.6 is 0 Å². The van der Waals surface area contributed by atoms with Gasteiger partial charge in [0.1, 0.15) is 50.8 Å². The molecule has 16 heteroatoms. The zero-order valence-corrected chi connectivity index (χ0v) is 55.1. The van der Waals surface area contributed by atoms with Gasteiger partial charge in [-0.1, -0.05) is 144 Å². The molecule has 0 saturated heterocycles. The maximum Gasteiger partial charge on any atom is 0.317 e. The molecule has 4 N–H and O–H groups in total. The summed E-state index contributed by atoms with van der Waals surface area (Å²) in [5.74, 6) is -1.89. The third-order valence-electron chi connectivity index (χ3n) is 15.8. The molecule has 0 saturated carbocycles. The van der Waals surface area contributed by atoms with Gasteiger partial charge in [-0.15, -0.1) is 0 Å². The van der Waals surface area contributed by atoms with E-state index in [0.717, 1.165) is 78.0 Å². The number of carbonyl (C=O) groups is 4. The molecule has 9 rings (SSSR count). The van der Waals surface area contributed by atoms with Crippen molar-refractivity contribution >= 4 is 70.2 Å². The highest BCUT2D eigenvalue weighted by atomic mass is 16.6. The molecule has 0 fully saturated rings. The van der Waals surface area contributed by atoms with Crippen LogP contribution in [0, 0.1) is 0 Å². The normalized spacial score (nSPS) is 12.4. The quantitative estimate of drug-likeness (QED) is 0.0215. The minimum atomic E-state index is -0.740. The van der Waals surface area contributed by atoms with Crippen LogP contribution in [0.5, 0.6) is 11.5 Å². The van der Waals surface area contributed by atoms with Crippen LogP contribution in [-0.4, -0.2) is 107 Å². The summed E-state index contributed by atoms with van der Waals surface area (Å²) in [5.41, 5.74) is 16.8. The first kappa shape index (κ1) is 67.3. The number of aliphatic hydroxyl groups excluding tert-OH is 2. The summed E-state index contributed by atoms with van der Waals surface area (Å²) in [6.07, 6.45) is 7.72. The molecule has 0 spiro atoms. The Hall–Kier alpha value is -9.12. The number of nitrogens with zero attached hydrogens (tertiary/aromatic N) is 2. The lowest BCUT2D eigenvalue weighted by molar-refractivity contribution is -0.156. The lowest BCUT2D eigenvalue weighted by Crippen LogP contribution is -2.17. The van der Waals surface area contributed by atoms with Gasteiger partial charge in [0.2, 0.25) is 0 Å². The number of H-pyrrole nitrogens is 2. The number of rotatable bonds is 22. The van der Waals surface area contributed by atoms with Crippen LogP contribution in [0.15, 0.2) is 109 Å². The first-order valence-corrected chi connectivity index (χ1v) is 31.5. The molecule has 92 heavy (non-hydrogen) atoms. The number of fused-ring (bicyclic) bond motifs is 8. The van der Waals surface area contributed by atoms with Crippen molar-refractivity contribution in [3.05, 3.63) is 154 Å². The molecular weight excluding hydrogens is 1160 g/mol. The standard InChI is InChI=1S/C76H86N4O12/c1-73(2,3)51-37-49(38-52(43-51)74(4,5)6)71-61-25-21-57(77-61)69(47-17-13-19-55(41-47)87-33-35-91-67(85)45-65(83)89-31-15-29-81)59-23-27-63(79-59)72(50-39-53(75(7,8)9)44-54(40-50)76(10,11)12)64-28-24-60(80-64)70(58-22-26-62(71)78-58)48-18-14-20-56(42-48)88-34-36-92-68(86)46-66(84)90-32-16-30-82/h13-14,17-28,37-44,77,80-82H,15-16,29-36,45-46H2,1-12H3. The van der Waals surface area contributed by atoms with Gasteiger partial charge in [-0.2, -0.15) is 0 Å². The molecule has 0 unspecified atom stereocenters.